The molecule has 17 heavy (non-hydrogen) atoms. The Kier molecular flexibility index (Phi) is 5.48. The monoisotopic (exact) mass is 299 g/mol. The maximum Gasteiger partial charge on any atom is 0.328 e. The van der Waals surface area contributed by atoms with Gasteiger partial charge in [-0.05, 0) is 37.1 Å². The van der Waals surface area contributed by atoms with E-state index >= 15 is 0 Å². The summed E-state index contributed by atoms with van der Waals surface area (Å²) in [6, 6.07) is 7.42. The molecule has 0 bridgehead atoms. The molecule has 0 heterocycles. The van der Waals surface area contributed by atoms with Gasteiger partial charge in [0.15, 0.2) is 0 Å². The van der Waals surface area contributed by atoms with Gasteiger partial charge in [-0.3, -0.25) is 0 Å². The van der Waals surface area contributed by atoms with E-state index in [9.17, 15) is 4.79 Å². The van der Waals surface area contributed by atoms with Gasteiger partial charge in [0.05, 0.1) is 6.61 Å². The highest BCUT2D eigenvalue weighted by atomic mass is 79.9. The fraction of sp³-hybridized carbons (Fsp3) is 0.462. The molecule has 0 spiro atoms. The van der Waals surface area contributed by atoms with Crippen molar-refractivity contribution in [1.82, 2.24) is 0 Å². The van der Waals surface area contributed by atoms with Crippen LogP contribution in [0.4, 0.5) is 5.69 Å². The molecule has 1 aromatic carbocycles. The first-order valence-electron chi connectivity index (χ1n) is 5.73. The van der Waals surface area contributed by atoms with Crippen molar-refractivity contribution < 1.29 is 9.53 Å². The van der Waals surface area contributed by atoms with E-state index in [4.69, 9.17) is 4.74 Å². The molecule has 0 saturated heterocycles. The Morgan fingerprint density at radius 2 is 1.94 bits per heavy atom. The number of esters is 1. The Labute approximate surface area is 111 Å². The van der Waals surface area contributed by atoms with Crippen molar-refractivity contribution in [3.05, 3.63) is 28.7 Å². The molecule has 1 aromatic rings. The third-order valence-electron chi connectivity index (χ3n) is 2.37. The predicted molar refractivity (Wildman–Crippen MR) is 73.0 cm³/mol. The Hall–Kier alpha value is -1.03. The minimum Gasteiger partial charge on any atom is -0.464 e. The van der Waals surface area contributed by atoms with Crippen molar-refractivity contribution in [2.24, 2.45) is 5.92 Å². The Balaban J connectivity index is 2.73. The molecule has 1 atom stereocenters. The molecule has 0 saturated carbocycles. The summed E-state index contributed by atoms with van der Waals surface area (Å²) in [6.45, 7) is 6.21. The van der Waals surface area contributed by atoms with Crippen LogP contribution in [0.2, 0.25) is 0 Å². The van der Waals surface area contributed by atoms with Crippen molar-refractivity contribution in [3.8, 4) is 0 Å². The van der Waals surface area contributed by atoms with Gasteiger partial charge in [0, 0.05) is 10.2 Å². The van der Waals surface area contributed by atoms with Gasteiger partial charge in [-0.15, -0.1) is 0 Å². The number of benzene rings is 1. The molecule has 0 aliphatic carbocycles. The van der Waals surface area contributed by atoms with Gasteiger partial charge < -0.3 is 10.1 Å². The number of anilines is 1. The summed E-state index contributed by atoms with van der Waals surface area (Å²) >= 11 is 3.37. The number of ether oxygens (including phenoxy) is 1. The Morgan fingerprint density at radius 1 is 1.35 bits per heavy atom. The lowest BCUT2D eigenvalue weighted by molar-refractivity contribution is -0.145. The zero-order valence-electron chi connectivity index (χ0n) is 10.4. The molecule has 3 nitrogen and oxygen atoms in total. The van der Waals surface area contributed by atoms with Crippen molar-refractivity contribution >= 4 is 27.6 Å². The number of carbonyl (C=O) groups is 1. The van der Waals surface area contributed by atoms with Crippen LogP contribution in [-0.4, -0.2) is 18.6 Å². The number of halogens is 1. The highest BCUT2D eigenvalue weighted by Gasteiger charge is 2.23. The molecule has 94 valence electrons. The maximum absolute atomic E-state index is 11.8. The van der Waals surface area contributed by atoms with Crippen molar-refractivity contribution in [2.45, 2.75) is 26.8 Å². The van der Waals surface area contributed by atoms with Crippen LogP contribution in [0.3, 0.4) is 0 Å². The van der Waals surface area contributed by atoms with Crippen LogP contribution in [0, 0.1) is 5.92 Å². The lowest BCUT2D eigenvalue weighted by Gasteiger charge is -2.21. The molecule has 0 unspecified atom stereocenters. The Bertz CT molecular complexity index is 362. The van der Waals surface area contributed by atoms with Crippen LogP contribution in [0.25, 0.3) is 0 Å². The van der Waals surface area contributed by atoms with Crippen LogP contribution in [0.1, 0.15) is 20.8 Å². The summed E-state index contributed by atoms with van der Waals surface area (Å²) in [5, 5.41) is 3.19. The van der Waals surface area contributed by atoms with E-state index in [1.165, 1.54) is 0 Å². The average Bonchev–Trinajstić information content (AvgIpc) is 2.28. The highest BCUT2D eigenvalue weighted by molar-refractivity contribution is 9.10. The zero-order chi connectivity index (χ0) is 12.8. The van der Waals surface area contributed by atoms with Gasteiger partial charge >= 0.3 is 5.97 Å². The SMILES string of the molecule is CCOC(=O)[C@@H](Nc1ccc(Br)cc1)C(C)C. The van der Waals surface area contributed by atoms with Gasteiger partial charge in [0.2, 0.25) is 0 Å². The smallest absolute Gasteiger partial charge is 0.328 e. The van der Waals surface area contributed by atoms with Crippen LogP contribution >= 0.6 is 15.9 Å². The fourth-order valence-corrected chi connectivity index (χ4v) is 1.72. The van der Waals surface area contributed by atoms with Gasteiger partial charge in [-0.2, -0.15) is 0 Å². The fourth-order valence-electron chi connectivity index (χ4n) is 1.46. The van der Waals surface area contributed by atoms with Crippen LogP contribution in [0.5, 0.6) is 0 Å². The third kappa shape index (κ3) is 4.38. The van der Waals surface area contributed by atoms with E-state index in [2.05, 4.69) is 21.2 Å². The van der Waals surface area contributed by atoms with Crippen molar-refractivity contribution in [1.29, 1.82) is 0 Å². The first kappa shape index (κ1) is 14.0. The summed E-state index contributed by atoms with van der Waals surface area (Å²) in [6.07, 6.45) is 0. The van der Waals surface area contributed by atoms with E-state index in [0.29, 0.717) is 6.61 Å². The first-order chi connectivity index (χ1) is 8.04. The molecule has 0 aromatic heterocycles. The number of carbonyl (C=O) groups excluding carboxylic acids is 1. The van der Waals surface area contributed by atoms with E-state index in [-0.39, 0.29) is 17.9 Å². The normalized spacial score (nSPS) is 12.3. The van der Waals surface area contributed by atoms with Crippen LogP contribution < -0.4 is 5.32 Å². The van der Waals surface area contributed by atoms with Crippen LogP contribution in [0.15, 0.2) is 28.7 Å². The molecule has 0 amide bonds. The topological polar surface area (TPSA) is 38.3 Å². The number of hydrogen-bond donors (Lipinski definition) is 1. The second-order valence-corrected chi connectivity index (χ2v) is 5.04. The standard InChI is InChI=1S/C13H18BrNO2/c1-4-17-13(16)12(9(2)3)15-11-7-5-10(14)6-8-11/h5-9,12,15H,4H2,1-3H3/t12-/m0/s1. The van der Waals surface area contributed by atoms with Gasteiger partial charge in [-0.25, -0.2) is 4.79 Å². The molecular formula is C13H18BrNO2. The van der Waals surface area contributed by atoms with E-state index in [1.807, 2.05) is 45.0 Å². The molecule has 0 fully saturated rings. The second kappa shape index (κ2) is 6.64. The molecule has 0 radical (unpaired) electrons. The first-order valence-corrected chi connectivity index (χ1v) is 6.52. The number of nitrogens with one attached hydrogen (secondary N) is 1. The molecule has 4 heteroatoms. The number of hydrogen-bond acceptors (Lipinski definition) is 3. The summed E-state index contributed by atoms with van der Waals surface area (Å²) in [5.74, 6) is -0.0249. The second-order valence-electron chi connectivity index (χ2n) is 4.12. The molecular weight excluding hydrogens is 282 g/mol. The van der Waals surface area contributed by atoms with E-state index < -0.39 is 0 Å². The number of rotatable bonds is 5. The van der Waals surface area contributed by atoms with Crippen molar-refractivity contribution in [3.63, 3.8) is 0 Å². The minimum atomic E-state index is -0.309. The predicted octanol–water partition coefficient (Wildman–Crippen LogP) is 3.45. The van der Waals surface area contributed by atoms with Crippen molar-refractivity contribution in [2.75, 3.05) is 11.9 Å². The van der Waals surface area contributed by atoms with Gasteiger partial charge in [0.25, 0.3) is 0 Å². The van der Waals surface area contributed by atoms with Gasteiger partial charge in [0.1, 0.15) is 6.04 Å². The van der Waals surface area contributed by atoms with E-state index in [1.54, 1.807) is 0 Å². The molecule has 1 rings (SSSR count). The Morgan fingerprint density at radius 3 is 2.41 bits per heavy atom. The average molecular weight is 300 g/mol. The molecule has 1 N–H and O–H groups in total. The lowest BCUT2D eigenvalue weighted by Crippen LogP contribution is -2.36. The summed E-state index contributed by atoms with van der Waals surface area (Å²) in [7, 11) is 0. The molecule has 0 aliphatic heterocycles. The summed E-state index contributed by atoms with van der Waals surface area (Å²) < 4.78 is 6.06. The maximum atomic E-state index is 11.8. The zero-order valence-corrected chi connectivity index (χ0v) is 12.0. The highest BCUT2D eigenvalue weighted by Crippen LogP contribution is 2.17. The minimum absolute atomic E-state index is 0.178. The largest absolute Gasteiger partial charge is 0.464 e. The van der Waals surface area contributed by atoms with Crippen LogP contribution in [-0.2, 0) is 9.53 Å². The third-order valence-corrected chi connectivity index (χ3v) is 2.90. The molecule has 0 aliphatic rings. The van der Waals surface area contributed by atoms with Gasteiger partial charge in [-0.1, -0.05) is 29.8 Å². The van der Waals surface area contributed by atoms with E-state index in [0.717, 1.165) is 10.2 Å². The summed E-state index contributed by atoms with van der Waals surface area (Å²) in [4.78, 5) is 11.8. The lowest BCUT2D eigenvalue weighted by atomic mass is 10.0. The quantitative estimate of drug-likeness (QED) is 0.846. The summed E-state index contributed by atoms with van der Waals surface area (Å²) in [5.41, 5.74) is 0.917.